The van der Waals surface area contributed by atoms with Crippen LogP contribution in [0.4, 0.5) is 22.9 Å². The van der Waals surface area contributed by atoms with Crippen molar-refractivity contribution in [3.05, 3.63) is 148 Å². The van der Waals surface area contributed by atoms with Gasteiger partial charge in [0.05, 0.1) is 9.79 Å². The molecule has 8 nitrogen and oxygen atoms in total. The van der Waals surface area contributed by atoms with Crippen molar-refractivity contribution in [2.75, 3.05) is 5.32 Å². The van der Waals surface area contributed by atoms with E-state index in [1.54, 1.807) is 42.6 Å². The normalized spacial score (nSPS) is 10.8. The van der Waals surface area contributed by atoms with Gasteiger partial charge in [-0.05, 0) is 50.2 Å². The number of rotatable bonds is 8. The van der Waals surface area contributed by atoms with Gasteiger partial charge in [-0.1, -0.05) is 71.4 Å². The average molecular weight is 781 g/mol. The van der Waals surface area contributed by atoms with E-state index in [-0.39, 0.29) is 43.5 Å². The Balaban J connectivity index is 0.000000289. The zero-order valence-electron chi connectivity index (χ0n) is 22.6. The molecule has 0 aliphatic heterocycles. The maximum atomic E-state index is 12.6. The van der Waals surface area contributed by atoms with Crippen molar-refractivity contribution in [2.45, 2.75) is 23.6 Å². The van der Waals surface area contributed by atoms with Crippen molar-refractivity contribution in [1.82, 2.24) is 4.98 Å². The van der Waals surface area contributed by atoms with E-state index in [2.05, 4.69) is 25.8 Å². The Kier molecular flexibility index (Phi) is 11.5. The van der Waals surface area contributed by atoms with Gasteiger partial charge in [-0.25, -0.2) is 21.8 Å². The van der Waals surface area contributed by atoms with Crippen LogP contribution in [-0.2, 0) is 42.4 Å². The molecular formula is C31H27AuN4O4S2. The number of sulfonamides is 2. The summed E-state index contributed by atoms with van der Waals surface area (Å²) in [6.07, 6.45) is 1.76. The number of nitrogens with one attached hydrogen (secondary N) is 1. The molecule has 1 aromatic heterocycles. The quantitative estimate of drug-likeness (QED) is 0.127. The zero-order valence-corrected chi connectivity index (χ0v) is 26.4. The molecular weight excluding hydrogens is 753 g/mol. The minimum Gasteiger partial charge on any atom is -0.574 e. The number of anilines is 2. The Morgan fingerprint density at radius 2 is 1.10 bits per heavy atom. The molecule has 0 fully saturated rings. The molecule has 0 aliphatic carbocycles. The molecule has 0 bridgehead atoms. The first-order chi connectivity index (χ1) is 19.6. The Morgan fingerprint density at radius 3 is 1.52 bits per heavy atom. The largest absolute Gasteiger partial charge is 3.00 e. The van der Waals surface area contributed by atoms with Crippen LogP contribution < -0.4 is 5.32 Å². The second-order valence-corrected chi connectivity index (χ2v) is 12.1. The molecule has 0 saturated carbocycles. The SMILES string of the molecule is Cc1ccc(S(=O)(=O)[N-]c2ccccc2[N-]S(=O)(=O)c2ccc(C)cc2)cc1.[Au+3].[c-]1ccccc1Nc1ccccn1. The fourth-order valence-electron chi connectivity index (χ4n) is 3.45. The third-order valence-corrected chi connectivity index (χ3v) is 8.20. The predicted octanol–water partition coefficient (Wildman–Crippen LogP) is 7.71. The third-order valence-electron chi connectivity index (χ3n) is 5.59. The second-order valence-electron chi connectivity index (χ2n) is 8.86. The predicted molar refractivity (Wildman–Crippen MR) is 162 cm³/mol. The summed E-state index contributed by atoms with van der Waals surface area (Å²) >= 11 is 0. The Labute approximate surface area is 262 Å². The van der Waals surface area contributed by atoms with Gasteiger partial charge in [0.2, 0.25) is 0 Å². The third kappa shape index (κ3) is 9.30. The summed E-state index contributed by atoms with van der Waals surface area (Å²) in [6.45, 7) is 3.69. The molecule has 5 rings (SSSR count). The first kappa shape index (κ1) is 32.6. The Hall–Kier alpha value is -3.93. The second kappa shape index (κ2) is 14.8. The summed E-state index contributed by atoms with van der Waals surface area (Å²) in [5.74, 6) is 0.838. The van der Waals surface area contributed by atoms with Gasteiger partial charge >= 0.3 is 22.4 Å². The molecule has 0 saturated heterocycles. The summed E-state index contributed by atoms with van der Waals surface area (Å²) in [5, 5.41) is 3.14. The van der Waals surface area contributed by atoms with Crippen LogP contribution in [0.25, 0.3) is 9.44 Å². The van der Waals surface area contributed by atoms with Gasteiger partial charge in [0.1, 0.15) is 25.9 Å². The molecule has 11 heteroatoms. The molecule has 42 heavy (non-hydrogen) atoms. The number of hydrogen-bond donors (Lipinski definition) is 1. The summed E-state index contributed by atoms with van der Waals surface area (Å²) in [4.78, 5) is 4.19. The number of nitrogens with zero attached hydrogens (tertiary/aromatic N) is 3. The summed E-state index contributed by atoms with van der Waals surface area (Å²) < 4.78 is 57.9. The van der Waals surface area contributed by atoms with Gasteiger partial charge in [-0.3, -0.25) is 0 Å². The molecule has 1 heterocycles. The monoisotopic (exact) mass is 780 g/mol. The molecule has 0 aliphatic rings. The van der Waals surface area contributed by atoms with Crippen LogP contribution in [0.15, 0.2) is 131 Å². The molecule has 1 N–H and O–H groups in total. The maximum Gasteiger partial charge on any atom is 3.00 e. The molecule has 0 spiro atoms. The zero-order chi connectivity index (χ0) is 29.3. The van der Waals surface area contributed by atoms with E-state index >= 15 is 0 Å². The van der Waals surface area contributed by atoms with Crippen molar-refractivity contribution in [2.24, 2.45) is 0 Å². The topological polar surface area (TPSA) is 121 Å². The molecule has 0 amide bonds. The van der Waals surface area contributed by atoms with Gasteiger partial charge in [-0.2, -0.15) is 24.3 Å². The minimum absolute atomic E-state index is 0. The molecule has 4 aromatic carbocycles. The van der Waals surface area contributed by atoms with Crippen LogP contribution >= 0.6 is 0 Å². The van der Waals surface area contributed by atoms with E-state index in [4.69, 9.17) is 0 Å². The average Bonchev–Trinajstić information content (AvgIpc) is 2.96. The van der Waals surface area contributed by atoms with Crippen molar-refractivity contribution >= 4 is 42.9 Å². The summed E-state index contributed by atoms with van der Waals surface area (Å²) in [5.41, 5.74) is 2.68. The number of benzene rings is 4. The van der Waals surface area contributed by atoms with Gasteiger partial charge in [-0.15, -0.1) is 17.4 Å². The molecule has 0 atom stereocenters. The fourth-order valence-corrected chi connectivity index (χ4v) is 5.45. The molecule has 218 valence electrons. The van der Waals surface area contributed by atoms with Crippen LogP contribution in [0.3, 0.4) is 0 Å². The van der Waals surface area contributed by atoms with E-state index < -0.39 is 20.0 Å². The van der Waals surface area contributed by atoms with Crippen molar-refractivity contribution in [3.63, 3.8) is 0 Å². The molecule has 0 unspecified atom stereocenters. The van der Waals surface area contributed by atoms with E-state index in [1.165, 1.54) is 36.4 Å². The number of para-hydroxylation sites is 1. The first-order valence-electron chi connectivity index (χ1n) is 12.5. The van der Waals surface area contributed by atoms with Crippen molar-refractivity contribution in [1.29, 1.82) is 0 Å². The fraction of sp³-hybridized carbons (Fsp3) is 0.0645. The van der Waals surface area contributed by atoms with E-state index in [0.717, 1.165) is 22.6 Å². The van der Waals surface area contributed by atoms with Gasteiger partial charge in [0.15, 0.2) is 0 Å². The van der Waals surface area contributed by atoms with Crippen LogP contribution in [0.1, 0.15) is 11.1 Å². The summed E-state index contributed by atoms with van der Waals surface area (Å²) in [7, 11) is -8.02. The molecule has 0 radical (unpaired) electrons. The van der Waals surface area contributed by atoms with Crippen LogP contribution in [-0.4, -0.2) is 21.8 Å². The summed E-state index contributed by atoms with van der Waals surface area (Å²) in [6, 6.07) is 35.0. The number of aryl methyl sites for hydroxylation is 2. The number of hydrogen-bond acceptors (Lipinski definition) is 6. The van der Waals surface area contributed by atoms with Gasteiger partial charge < -0.3 is 14.8 Å². The van der Waals surface area contributed by atoms with Gasteiger partial charge in [0.25, 0.3) is 0 Å². The Morgan fingerprint density at radius 1 is 0.619 bits per heavy atom. The van der Waals surface area contributed by atoms with Crippen LogP contribution in [0.5, 0.6) is 0 Å². The number of pyridine rings is 1. The molecule has 5 aromatic rings. The first-order valence-corrected chi connectivity index (χ1v) is 15.3. The van der Waals surface area contributed by atoms with Crippen LogP contribution in [0.2, 0.25) is 0 Å². The van der Waals surface area contributed by atoms with Crippen LogP contribution in [0, 0.1) is 19.9 Å². The van der Waals surface area contributed by atoms with E-state index in [9.17, 15) is 16.8 Å². The van der Waals surface area contributed by atoms with E-state index in [0.29, 0.717) is 0 Å². The van der Waals surface area contributed by atoms with Gasteiger partial charge in [0, 0.05) is 6.20 Å². The minimum atomic E-state index is -4.01. The Bertz CT molecular complexity index is 1650. The standard InChI is InChI=1S/C20H18N2O4S2.C11H9N2.Au/c1-15-7-11-17(12-8-15)27(23,24)21-19-5-3-4-6-20(19)22-28(25,26)18-13-9-16(2)10-14-18;1-2-6-10(7-3-1)13-11-8-4-5-9-12-11;/h3-14H,1-2H3;1-6,8-9H,(H,12,13);/q-2;-1;+3. The van der Waals surface area contributed by atoms with Crippen molar-refractivity contribution < 1.29 is 39.2 Å². The van der Waals surface area contributed by atoms with E-state index in [1.807, 2.05) is 56.3 Å². The smallest absolute Gasteiger partial charge is 0.574 e. The maximum absolute atomic E-state index is 12.6. The number of aromatic nitrogens is 1. The van der Waals surface area contributed by atoms with Crippen molar-refractivity contribution in [3.8, 4) is 0 Å².